The first-order valence-electron chi connectivity index (χ1n) is 10.2. The molecule has 1 saturated heterocycles. The van der Waals surface area contributed by atoms with E-state index in [1.54, 1.807) is 14.2 Å². The Labute approximate surface area is 170 Å². The van der Waals surface area contributed by atoms with Gasteiger partial charge in [0.1, 0.15) is 11.5 Å². The van der Waals surface area contributed by atoms with E-state index in [1.807, 2.05) is 75.9 Å². The molecule has 2 atom stereocenters. The molecule has 28 heavy (non-hydrogen) atoms. The summed E-state index contributed by atoms with van der Waals surface area (Å²) in [6.07, 6.45) is 0.849. The number of amides is 1. The van der Waals surface area contributed by atoms with Crippen molar-refractivity contribution in [1.29, 1.82) is 0 Å². The topological polar surface area (TPSA) is 38.8 Å². The van der Waals surface area contributed by atoms with E-state index in [1.165, 1.54) is 0 Å². The van der Waals surface area contributed by atoms with Gasteiger partial charge in [0.15, 0.2) is 0 Å². The summed E-state index contributed by atoms with van der Waals surface area (Å²) in [5, 5.41) is 0. The molecular weight excluding hydrogens is 350 g/mol. The summed E-state index contributed by atoms with van der Waals surface area (Å²) >= 11 is 0. The molecular formula is C24H35NO3. The van der Waals surface area contributed by atoms with Crippen LogP contribution in [0.2, 0.25) is 0 Å². The van der Waals surface area contributed by atoms with Crippen LogP contribution in [0.15, 0.2) is 48.5 Å². The third-order valence-corrected chi connectivity index (χ3v) is 4.67. The SMILES string of the molecule is CC.CC.COc1ccc(CN2C(=O)[C@@H](C)C[C@H]2c2ccc(OC)cc2)cc1. The molecule has 2 aromatic rings. The average Bonchev–Trinajstić information content (AvgIpc) is 3.05. The maximum atomic E-state index is 12.6. The first kappa shape index (κ1) is 23.5. The van der Waals surface area contributed by atoms with E-state index in [-0.39, 0.29) is 17.9 Å². The average molecular weight is 386 g/mol. The molecule has 154 valence electrons. The van der Waals surface area contributed by atoms with Crippen LogP contribution >= 0.6 is 0 Å². The van der Waals surface area contributed by atoms with Crippen LogP contribution in [0.1, 0.15) is 58.2 Å². The zero-order chi connectivity index (χ0) is 21.1. The molecule has 1 amide bonds. The third kappa shape index (κ3) is 5.75. The Morgan fingerprint density at radius 3 is 1.79 bits per heavy atom. The molecule has 0 unspecified atom stereocenters. The Kier molecular flexibility index (Phi) is 10.1. The van der Waals surface area contributed by atoms with Crippen molar-refractivity contribution >= 4 is 5.91 Å². The largest absolute Gasteiger partial charge is 0.497 e. The summed E-state index contributed by atoms with van der Waals surface area (Å²) in [7, 11) is 3.31. The van der Waals surface area contributed by atoms with Crippen LogP contribution in [0, 0.1) is 5.92 Å². The van der Waals surface area contributed by atoms with Gasteiger partial charge >= 0.3 is 0 Å². The van der Waals surface area contributed by atoms with E-state index in [2.05, 4.69) is 12.1 Å². The smallest absolute Gasteiger partial charge is 0.226 e. The summed E-state index contributed by atoms with van der Waals surface area (Å²) in [5.41, 5.74) is 2.26. The lowest BCUT2D eigenvalue weighted by Crippen LogP contribution is -2.28. The molecule has 0 aliphatic carbocycles. The van der Waals surface area contributed by atoms with Crippen molar-refractivity contribution in [2.24, 2.45) is 5.92 Å². The highest BCUT2D eigenvalue weighted by atomic mass is 16.5. The molecule has 4 heteroatoms. The molecule has 1 heterocycles. The van der Waals surface area contributed by atoms with Crippen molar-refractivity contribution in [3.05, 3.63) is 59.7 Å². The van der Waals surface area contributed by atoms with Crippen molar-refractivity contribution in [2.75, 3.05) is 14.2 Å². The van der Waals surface area contributed by atoms with Crippen molar-refractivity contribution < 1.29 is 14.3 Å². The minimum atomic E-state index is 0.0513. The zero-order valence-electron chi connectivity index (χ0n) is 18.4. The Hall–Kier alpha value is -2.49. The number of hydrogen-bond acceptors (Lipinski definition) is 3. The highest BCUT2D eigenvalue weighted by Gasteiger charge is 2.37. The van der Waals surface area contributed by atoms with Gasteiger partial charge in [0.05, 0.1) is 20.3 Å². The molecule has 2 aromatic carbocycles. The summed E-state index contributed by atoms with van der Waals surface area (Å²) in [4.78, 5) is 14.6. The first-order chi connectivity index (χ1) is 13.6. The molecule has 0 spiro atoms. The maximum Gasteiger partial charge on any atom is 0.226 e. The summed E-state index contributed by atoms with van der Waals surface area (Å²) in [5.74, 6) is 1.92. The van der Waals surface area contributed by atoms with Crippen LogP contribution in [-0.2, 0) is 11.3 Å². The number of hydrogen-bond donors (Lipinski definition) is 0. The lowest BCUT2D eigenvalue weighted by molar-refractivity contribution is -0.132. The second-order valence-corrected chi connectivity index (χ2v) is 6.24. The molecule has 0 radical (unpaired) electrons. The lowest BCUT2D eigenvalue weighted by Gasteiger charge is -2.25. The molecule has 1 fully saturated rings. The van der Waals surface area contributed by atoms with Gasteiger partial charge in [-0.2, -0.15) is 0 Å². The van der Waals surface area contributed by atoms with Crippen LogP contribution in [0.5, 0.6) is 11.5 Å². The third-order valence-electron chi connectivity index (χ3n) is 4.67. The molecule has 3 rings (SSSR count). The van der Waals surface area contributed by atoms with Gasteiger partial charge in [-0.05, 0) is 41.8 Å². The first-order valence-corrected chi connectivity index (χ1v) is 10.2. The van der Waals surface area contributed by atoms with Crippen LogP contribution in [-0.4, -0.2) is 25.0 Å². The van der Waals surface area contributed by atoms with Gasteiger partial charge in [0, 0.05) is 12.5 Å². The van der Waals surface area contributed by atoms with Crippen LogP contribution < -0.4 is 9.47 Å². The normalized spacial score (nSPS) is 17.8. The molecule has 4 nitrogen and oxygen atoms in total. The van der Waals surface area contributed by atoms with Gasteiger partial charge in [0.2, 0.25) is 5.91 Å². The monoisotopic (exact) mass is 385 g/mol. The number of likely N-dealkylation sites (tertiary alicyclic amines) is 1. The minimum absolute atomic E-state index is 0.0513. The quantitative estimate of drug-likeness (QED) is 0.646. The number of methoxy groups -OCH3 is 2. The minimum Gasteiger partial charge on any atom is -0.497 e. The van der Waals surface area contributed by atoms with E-state index in [4.69, 9.17) is 9.47 Å². The van der Waals surface area contributed by atoms with Crippen molar-refractivity contribution in [3.63, 3.8) is 0 Å². The number of rotatable bonds is 5. The summed E-state index contributed by atoms with van der Waals surface area (Å²) < 4.78 is 10.4. The van der Waals surface area contributed by atoms with Crippen LogP contribution in [0.25, 0.3) is 0 Å². The van der Waals surface area contributed by atoms with Gasteiger partial charge in [-0.3, -0.25) is 4.79 Å². The van der Waals surface area contributed by atoms with Crippen molar-refractivity contribution in [2.45, 2.75) is 53.6 Å². The fraction of sp³-hybridized carbons (Fsp3) is 0.458. The van der Waals surface area contributed by atoms with Crippen molar-refractivity contribution in [1.82, 2.24) is 4.90 Å². The van der Waals surface area contributed by atoms with Gasteiger partial charge < -0.3 is 14.4 Å². The van der Waals surface area contributed by atoms with E-state index in [0.29, 0.717) is 6.54 Å². The van der Waals surface area contributed by atoms with Gasteiger partial charge in [-0.25, -0.2) is 0 Å². The predicted molar refractivity (Wildman–Crippen MR) is 116 cm³/mol. The summed E-state index contributed by atoms with van der Waals surface area (Å²) in [6.45, 7) is 10.6. The molecule has 0 bridgehead atoms. The number of benzene rings is 2. The van der Waals surface area contributed by atoms with E-state index >= 15 is 0 Å². The Morgan fingerprint density at radius 1 is 0.857 bits per heavy atom. The standard InChI is InChI=1S/C20H23NO3.2C2H6/c1-14-12-19(16-6-10-18(24-3)11-7-16)21(20(14)22)13-15-4-8-17(23-2)9-5-15;2*1-2/h4-11,14,19H,12-13H2,1-3H3;2*1-2H3/t14-,19-;;/m0../s1. The van der Waals surface area contributed by atoms with E-state index in [9.17, 15) is 4.79 Å². The second kappa shape index (κ2) is 12.1. The highest BCUT2D eigenvalue weighted by Crippen LogP contribution is 2.37. The molecule has 1 aliphatic rings. The van der Waals surface area contributed by atoms with E-state index < -0.39 is 0 Å². The van der Waals surface area contributed by atoms with Gasteiger partial charge in [-0.15, -0.1) is 0 Å². The van der Waals surface area contributed by atoms with Crippen LogP contribution in [0.3, 0.4) is 0 Å². The number of carbonyl (C=O) groups is 1. The fourth-order valence-electron chi connectivity index (χ4n) is 3.26. The van der Waals surface area contributed by atoms with Crippen LogP contribution in [0.4, 0.5) is 0 Å². The van der Waals surface area contributed by atoms with E-state index in [0.717, 1.165) is 29.0 Å². The van der Waals surface area contributed by atoms with Gasteiger partial charge in [0.25, 0.3) is 0 Å². The maximum absolute atomic E-state index is 12.6. The fourth-order valence-corrected chi connectivity index (χ4v) is 3.26. The molecule has 0 aromatic heterocycles. The lowest BCUT2D eigenvalue weighted by atomic mass is 10.0. The zero-order valence-corrected chi connectivity index (χ0v) is 18.4. The van der Waals surface area contributed by atoms with Crippen molar-refractivity contribution in [3.8, 4) is 11.5 Å². The van der Waals surface area contributed by atoms with Gasteiger partial charge in [-0.1, -0.05) is 58.9 Å². The molecule has 1 aliphatic heterocycles. The number of ether oxygens (including phenoxy) is 2. The predicted octanol–water partition coefficient (Wildman–Crippen LogP) is 5.87. The Morgan fingerprint density at radius 2 is 1.32 bits per heavy atom. The second-order valence-electron chi connectivity index (χ2n) is 6.24. The Balaban J connectivity index is 0.000000921. The number of nitrogens with zero attached hydrogens (tertiary/aromatic N) is 1. The highest BCUT2D eigenvalue weighted by molar-refractivity contribution is 5.81. The molecule has 0 saturated carbocycles. The number of carbonyl (C=O) groups excluding carboxylic acids is 1. The summed E-state index contributed by atoms with van der Waals surface area (Å²) in [6, 6.07) is 16.0. The Bertz CT molecular complexity index is 695. The molecule has 0 N–H and O–H groups in total.